The highest BCUT2D eigenvalue weighted by atomic mass is 19.4. The molecule has 0 amide bonds. The lowest BCUT2D eigenvalue weighted by atomic mass is 9.96. The summed E-state index contributed by atoms with van der Waals surface area (Å²) in [6.07, 6.45) is 4.65. The van der Waals surface area contributed by atoms with E-state index < -0.39 is 12.1 Å². The number of alkyl halides is 3. The van der Waals surface area contributed by atoms with Crippen molar-refractivity contribution in [1.82, 2.24) is 9.78 Å². The van der Waals surface area contributed by atoms with Gasteiger partial charge in [0.1, 0.15) is 5.75 Å². The predicted molar refractivity (Wildman–Crippen MR) is 81.9 cm³/mol. The second-order valence-electron chi connectivity index (χ2n) is 5.92. The van der Waals surface area contributed by atoms with Gasteiger partial charge in [0.2, 0.25) is 0 Å². The van der Waals surface area contributed by atoms with Crippen molar-refractivity contribution in [2.75, 3.05) is 0 Å². The molecule has 4 nitrogen and oxygen atoms in total. The Morgan fingerprint density at radius 2 is 1.92 bits per heavy atom. The SMILES string of the molecule is O=Cc1ccc(-c2cnn(C3CCCCC3)c2)cc1OC(F)(F)F. The number of nitrogens with zero attached hydrogens (tertiary/aromatic N) is 2. The van der Waals surface area contributed by atoms with Crippen LogP contribution in [0.5, 0.6) is 5.75 Å². The van der Waals surface area contributed by atoms with E-state index in [2.05, 4.69) is 9.84 Å². The zero-order valence-corrected chi connectivity index (χ0v) is 12.9. The van der Waals surface area contributed by atoms with Crippen LogP contribution < -0.4 is 4.74 Å². The van der Waals surface area contributed by atoms with Crippen LogP contribution in [0, 0.1) is 0 Å². The molecule has 0 saturated heterocycles. The minimum Gasteiger partial charge on any atom is -0.405 e. The van der Waals surface area contributed by atoms with Gasteiger partial charge in [0, 0.05) is 11.8 Å². The maximum Gasteiger partial charge on any atom is 0.573 e. The number of hydrogen-bond acceptors (Lipinski definition) is 3. The normalized spacial score (nSPS) is 16.1. The number of ether oxygens (including phenoxy) is 1. The number of aldehydes is 1. The molecule has 1 saturated carbocycles. The van der Waals surface area contributed by atoms with Crippen LogP contribution in [-0.2, 0) is 0 Å². The number of hydrogen-bond donors (Lipinski definition) is 0. The maximum atomic E-state index is 12.5. The Hall–Kier alpha value is -2.31. The third-order valence-electron chi connectivity index (χ3n) is 4.25. The first-order valence-corrected chi connectivity index (χ1v) is 7.86. The van der Waals surface area contributed by atoms with Gasteiger partial charge in [-0.1, -0.05) is 25.3 Å². The van der Waals surface area contributed by atoms with Gasteiger partial charge in [-0.25, -0.2) is 0 Å². The molecule has 7 heteroatoms. The Bertz CT molecular complexity index is 719. The van der Waals surface area contributed by atoms with Gasteiger partial charge in [0.05, 0.1) is 17.8 Å². The minimum absolute atomic E-state index is 0.143. The van der Waals surface area contributed by atoms with E-state index in [9.17, 15) is 18.0 Å². The van der Waals surface area contributed by atoms with Crippen LogP contribution in [0.25, 0.3) is 11.1 Å². The quantitative estimate of drug-likeness (QED) is 0.755. The molecule has 1 aliphatic rings. The lowest BCUT2D eigenvalue weighted by Gasteiger charge is -2.21. The Morgan fingerprint density at radius 3 is 2.58 bits per heavy atom. The zero-order chi connectivity index (χ0) is 17.2. The molecule has 24 heavy (non-hydrogen) atoms. The number of rotatable bonds is 4. The van der Waals surface area contributed by atoms with Gasteiger partial charge in [-0.05, 0) is 30.5 Å². The average Bonchev–Trinajstić information content (AvgIpc) is 3.04. The molecular formula is C17H17F3N2O2. The summed E-state index contributed by atoms with van der Waals surface area (Å²) in [4.78, 5) is 10.9. The molecular weight excluding hydrogens is 321 g/mol. The van der Waals surface area contributed by atoms with Crippen LogP contribution in [0.2, 0.25) is 0 Å². The maximum absolute atomic E-state index is 12.5. The Labute approximate surface area is 137 Å². The second-order valence-corrected chi connectivity index (χ2v) is 5.92. The number of aromatic nitrogens is 2. The molecule has 128 valence electrons. The molecule has 0 spiro atoms. The van der Waals surface area contributed by atoms with Crippen LogP contribution in [0.4, 0.5) is 13.2 Å². The largest absolute Gasteiger partial charge is 0.573 e. The van der Waals surface area contributed by atoms with Gasteiger partial charge in [-0.2, -0.15) is 5.10 Å². The zero-order valence-electron chi connectivity index (χ0n) is 12.9. The van der Waals surface area contributed by atoms with E-state index >= 15 is 0 Å². The van der Waals surface area contributed by atoms with Crippen LogP contribution in [0.15, 0.2) is 30.6 Å². The van der Waals surface area contributed by atoms with E-state index in [0.29, 0.717) is 23.5 Å². The average molecular weight is 338 g/mol. The van der Waals surface area contributed by atoms with E-state index in [1.165, 1.54) is 18.6 Å². The first-order valence-electron chi connectivity index (χ1n) is 7.86. The highest BCUT2D eigenvalue weighted by molar-refractivity contribution is 5.81. The number of carbonyl (C=O) groups is 1. The van der Waals surface area contributed by atoms with Gasteiger partial charge < -0.3 is 4.74 Å². The summed E-state index contributed by atoms with van der Waals surface area (Å²) in [6.45, 7) is 0. The van der Waals surface area contributed by atoms with Crippen molar-refractivity contribution in [3.8, 4) is 16.9 Å². The Balaban J connectivity index is 1.87. The molecule has 1 heterocycles. The molecule has 1 aliphatic carbocycles. The van der Waals surface area contributed by atoms with Gasteiger partial charge >= 0.3 is 6.36 Å². The first-order chi connectivity index (χ1) is 11.5. The lowest BCUT2D eigenvalue weighted by Crippen LogP contribution is -2.18. The topological polar surface area (TPSA) is 44.1 Å². The number of halogens is 3. The van der Waals surface area contributed by atoms with E-state index in [0.717, 1.165) is 25.7 Å². The van der Waals surface area contributed by atoms with Crippen LogP contribution in [0.3, 0.4) is 0 Å². The summed E-state index contributed by atoms with van der Waals surface area (Å²) in [5.74, 6) is -0.500. The highest BCUT2D eigenvalue weighted by Gasteiger charge is 2.32. The molecule has 1 aromatic heterocycles. The third-order valence-corrected chi connectivity index (χ3v) is 4.25. The molecule has 0 N–H and O–H groups in total. The predicted octanol–water partition coefficient (Wildman–Crippen LogP) is 4.77. The molecule has 1 aromatic carbocycles. The van der Waals surface area contributed by atoms with Crippen molar-refractivity contribution in [2.24, 2.45) is 0 Å². The van der Waals surface area contributed by atoms with Crippen molar-refractivity contribution in [1.29, 1.82) is 0 Å². The van der Waals surface area contributed by atoms with Crippen molar-refractivity contribution >= 4 is 6.29 Å². The van der Waals surface area contributed by atoms with Crippen molar-refractivity contribution in [3.05, 3.63) is 36.2 Å². The molecule has 0 unspecified atom stereocenters. The monoisotopic (exact) mass is 338 g/mol. The van der Waals surface area contributed by atoms with E-state index in [-0.39, 0.29) is 5.56 Å². The molecule has 0 bridgehead atoms. The molecule has 1 fully saturated rings. The minimum atomic E-state index is -4.84. The summed E-state index contributed by atoms with van der Waals surface area (Å²) in [5.41, 5.74) is 1.09. The molecule has 0 aliphatic heterocycles. The second kappa shape index (κ2) is 6.67. The molecule has 3 rings (SSSR count). The molecule has 0 radical (unpaired) electrons. The lowest BCUT2D eigenvalue weighted by molar-refractivity contribution is -0.274. The van der Waals surface area contributed by atoms with Crippen molar-refractivity contribution < 1.29 is 22.7 Å². The summed E-state index contributed by atoms with van der Waals surface area (Å²) in [7, 11) is 0. The van der Waals surface area contributed by atoms with Gasteiger partial charge in [0.25, 0.3) is 0 Å². The standard InChI is InChI=1S/C17H17F3N2O2/c18-17(19,20)24-16-8-12(6-7-13(16)11-23)14-9-21-22(10-14)15-4-2-1-3-5-15/h6-11,15H,1-5H2. The van der Waals surface area contributed by atoms with Crippen LogP contribution >= 0.6 is 0 Å². The Morgan fingerprint density at radius 1 is 1.17 bits per heavy atom. The molecule has 2 aromatic rings. The smallest absolute Gasteiger partial charge is 0.405 e. The van der Waals surface area contributed by atoms with E-state index in [4.69, 9.17) is 0 Å². The van der Waals surface area contributed by atoms with E-state index in [1.807, 2.05) is 10.9 Å². The van der Waals surface area contributed by atoms with Crippen LogP contribution in [0.1, 0.15) is 48.5 Å². The van der Waals surface area contributed by atoms with Gasteiger partial charge in [0.15, 0.2) is 6.29 Å². The highest BCUT2D eigenvalue weighted by Crippen LogP contribution is 2.32. The fourth-order valence-corrected chi connectivity index (χ4v) is 3.06. The third kappa shape index (κ3) is 3.77. The van der Waals surface area contributed by atoms with Crippen molar-refractivity contribution in [3.63, 3.8) is 0 Å². The van der Waals surface area contributed by atoms with Crippen LogP contribution in [-0.4, -0.2) is 22.4 Å². The van der Waals surface area contributed by atoms with Gasteiger partial charge in [-0.3, -0.25) is 9.48 Å². The number of benzene rings is 1. The summed E-state index contributed by atoms with van der Waals surface area (Å²) in [5, 5.41) is 4.35. The summed E-state index contributed by atoms with van der Waals surface area (Å²) < 4.78 is 43.3. The fourth-order valence-electron chi connectivity index (χ4n) is 3.06. The molecule has 0 atom stereocenters. The summed E-state index contributed by atoms with van der Waals surface area (Å²) >= 11 is 0. The summed E-state index contributed by atoms with van der Waals surface area (Å²) in [6, 6.07) is 4.48. The fraction of sp³-hybridized carbons (Fsp3) is 0.412. The van der Waals surface area contributed by atoms with Crippen molar-refractivity contribution in [2.45, 2.75) is 44.5 Å². The number of carbonyl (C=O) groups excluding carboxylic acids is 1. The van der Waals surface area contributed by atoms with Gasteiger partial charge in [-0.15, -0.1) is 13.2 Å². The van der Waals surface area contributed by atoms with E-state index in [1.54, 1.807) is 12.3 Å². The first kappa shape index (κ1) is 16.5. The Kier molecular flexibility index (Phi) is 4.59.